The summed E-state index contributed by atoms with van der Waals surface area (Å²) in [5.41, 5.74) is 0.788. The van der Waals surface area contributed by atoms with E-state index < -0.39 is 11.2 Å². The molecule has 5 fully saturated rings. The summed E-state index contributed by atoms with van der Waals surface area (Å²) in [5, 5.41) is 12.3. The van der Waals surface area contributed by atoms with Gasteiger partial charge in [-0.05, 0) is 94.2 Å². The maximum absolute atomic E-state index is 12.3. The highest BCUT2D eigenvalue weighted by Gasteiger charge is 2.80. The van der Waals surface area contributed by atoms with Crippen molar-refractivity contribution in [2.24, 2.45) is 22.7 Å². The minimum Gasteiger partial charge on any atom is -0.493 e. The zero-order valence-corrected chi connectivity index (χ0v) is 23.7. The van der Waals surface area contributed by atoms with Crippen molar-refractivity contribution in [2.75, 3.05) is 27.3 Å². The standard InChI is InChI=1S/C31H47NO4/c1-19-9-12-22(34-7)25-24(19)30-15-16-32(18-21-10-11-21)20(2)29(30)13-14-31(35-8,26(30)36-25)23(17-29)28(6,33)27(3,4)5/h9,12,20-21,23,26,33H,10-11,13-18H2,1-8H3/t20-,23-,26?,28-,29?,30+,31-/m1/s1. The first-order chi connectivity index (χ1) is 16.9. The van der Waals surface area contributed by atoms with Crippen LogP contribution in [0.2, 0.25) is 0 Å². The van der Waals surface area contributed by atoms with Crippen LogP contribution < -0.4 is 9.47 Å². The molecule has 200 valence electrons. The molecule has 1 saturated heterocycles. The second-order valence-corrected chi connectivity index (χ2v) is 14.1. The molecule has 0 aromatic heterocycles. The van der Waals surface area contributed by atoms with Crippen LogP contribution >= 0.6 is 0 Å². The van der Waals surface area contributed by atoms with Gasteiger partial charge in [0.25, 0.3) is 0 Å². The summed E-state index contributed by atoms with van der Waals surface area (Å²) in [6.07, 6.45) is 6.68. The summed E-state index contributed by atoms with van der Waals surface area (Å²) >= 11 is 0. The van der Waals surface area contributed by atoms with E-state index in [9.17, 15) is 5.11 Å². The van der Waals surface area contributed by atoms with E-state index in [0.717, 1.165) is 49.6 Å². The van der Waals surface area contributed by atoms with E-state index in [-0.39, 0.29) is 28.3 Å². The molecule has 2 aliphatic heterocycles. The second-order valence-electron chi connectivity index (χ2n) is 14.1. The van der Waals surface area contributed by atoms with Crippen LogP contribution in [0.1, 0.15) is 84.3 Å². The normalized spacial score (nSPS) is 41.2. The number of rotatable bonds is 5. The lowest BCUT2D eigenvalue weighted by atomic mass is 9.35. The molecule has 0 amide bonds. The molecule has 6 aliphatic rings. The summed E-state index contributed by atoms with van der Waals surface area (Å²) in [5.74, 6) is 2.59. The molecule has 1 N–H and O–H groups in total. The van der Waals surface area contributed by atoms with Crippen LogP contribution in [-0.4, -0.2) is 60.7 Å². The average molecular weight is 498 g/mol. The SMILES string of the molecule is COc1ccc(C)c2c1OC1[C@@]3(OC)CCC4(C[C@@H]3[C@@](C)(O)C(C)(C)C)[C@@H](C)N(CC3CC3)CC[C@]214. The Balaban J connectivity index is 1.60. The van der Waals surface area contributed by atoms with Crippen molar-refractivity contribution in [1.82, 2.24) is 4.90 Å². The van der Waals surface area contributed by atoms with Gasteiger partial charge >= 0.3 is 0 Å². The van der Waals surface area contributed by atoms with Gasteiger partial charge in [-0.3, -0.25) is 4.90 Å². The number of methoxy groups -OCH3 is 2. The summed E-state index contributed by atoms with van der Waals surface area (Å²) in [4.78, 5) is 2.79. The lowest BCUT2D eigenvalue weighted by Gasteiger charge is -2.74. The Kier molecular flexibility index (Phi) is 5.30. The van der Waals surface area contributed by atoms with Gasteiger partial charge in [0.05, 0.1) is 12.7 Å². The molecule has 0 radical (unpaired) electrons. The van der Waals surface area contributed by atoms with Crippen LogP contribution in [0.25, 0.3) is 0 Å². The van der Waals surface area contributed by atoms with E-state index in [2.05, 4.69) is 58.6 Å². The molecule has 5 nitrogen and oxygen atoms in total. The van der Waals surface area contributed by atoms with Crippen molar-refractivity contribution >= 4 is 0 Å². The highest BCUT2D eigenvalue weighted by Crippen LogP contribution is 2.76. The number of hydrogen-bond donors (Lipinski definition) is 1. The fraction of sp³-hybridized carbons (Fsp3) is 0.806. The van der Waals surface area contributed by atoms with Gasteiger partial charge in [-0.25, -0.2) is 0 Å². The van der Waals surface area contributed by atoms with Crippen LogP contribution in [0, 0.1) is 29.6 Å². The number of piperidine rings is 1. The first kappa shape index (κ1) is 25.0. The number of benzene rings is 1. The van der Waals surface area contributed by atoms with Crippen LogP contribution in [0.4, 0.5) is 0 Å². The van der Waals surface area contributed by atoms with Gasteiger partial charge in [-0.1, -0.05) is 26.8 Å². The molecule has 4 aliphatic carbocycles. The Morgan fingerprint density at radius 3 is 2.44 bits per heavy atom. The van der Waals surface area contributed by atoms with Gasteiger partial charge in [0.15, 0.2) is 11.5 Å². The van der Waals surface area contributed by atoms with E-state index >= 15 is 0 Å². The van der Waals surface area contributed by atoms with Gasteiger partial charge in [0.2, 0.25) is 0 Å². The molecule has 1 aromatic rings. The third kappa shape index (κ3) is 2.83. The molecule has 2 bridgehead atoms. The monoisotopic (exact) mass is 497 g/mol. The predicted molar refractivity (Wildman–Crippen MR) is 142 cm³/mol. The summed E-state index contributed by atoms with van der Waals surface area (Å²) < 4.78 is 19.7. The van der Waals surface area contributed by atoms with E-state index in [0.29, 0.717) is 6.04 Å². The largest absolute Gasteiger partial charge is 0.493 e. The number of hydrogen-bond acceptors (Lipinski definition) is 5. The molecule has 7 atom stereocenters. The zero-order valence-electron chi connectivity index (χ0n) is 23.7. The first-order valence-electron chi connectivity index (χ1n) is 14.3. The molecule has 4 saturated carbocycles. The quantitative estimate of drug-likeness (QED) is 0.583. The van der Waals surface area contributed by atoms with Crippen molar-refractivity contribution in [1.29, 1.82) is 0 Å². The predicted octanol–water partition coefficient (Wildman–Crippen LogP) is 5.49. The van der Waals surface area contributed by atoms with Crippen LogP contribution in [0.15, 0.2) is 12.1 Å². The van der Waals surface area contributed by atoms with Crippen molar-refractivity contribution in [3.8, 4) is 11.5 Å². The van der Waals surface area contributed by atoms with Crippen molar-refractivity contribution in [3.63, 3.8) is 0 Å². The lowest BCUT2D eigenvalue weighted by molar-refractivity contribution is -0.309. The zero-order chi connectivity index (χ0) is 25.9. The van der Waals surface area contributed by atoms with Crippen LogP contribution in [0.5, 0.6) is 11.5 Å². The maximum atomic E-state index is 12.3. The Morgan fingerprint density at radius 1 is 1.11 bits per heavy atom. The smallest absolute Gasteiger partial charge is 0.165 e. The van der Waals surface area contributed by atoms with Crippen molar-refractivity contribution in [3.05, 3.63) is 23.3 Å². The molecule has 2 heterocycles. The lowest BCUT2D eigenvalue weighted by Crippen LogP contribution is -2.81. The highest BCUT2D eigenvalue weighted by atomic mass is 16.6. The second kappa shape index (κ2) is 7.64. The number of fused-ring (bicyclic) bond motifs is 3. The van der Waals surface area contributed by atoms with Crippen LogP contribution in [-0.2, 0) is 10.2 Å². The molecular weight excluding hydrogens is 450 g/mol. The number of likely N-dealkylation sites (tertiary alicyclic amines) is 1. The molecule has 1 aromatic carbocycles. The molecular formula is C31H47NO4. The van der Waals surface area contributed by atoms with E-state index in [1.165, 1.54) is 30.5 Å². The summed E-state index contributed by atoms with van der Waals surface area (Å²) in [6.45, 7) is 15.6. The number of nitrogens with zero attached hydrogens (tertiary/aromatic N) is 1. The molecule has 7 rings (SSSR count). The molecule has 36 heavy (non-hydrogen) atoms. The fourth-order valence-corrected chi connectivity index (χ4v) is 9.37. The Hall–Kier alpha value is -1.30. The number of aryl methyl sites for hydroxylation is 1. The number of aliphatic hydroxyl groups is 1. The third-order valence-electron chi connectivity index (χ3n) is 12.0. The van der Waals surface area contributed by atoms with Gasteiger partial charge in [0, 0.05) is 36.6 Å². The Labute approximate surface area is 217 Å². The fourth-order valence-electron chi connectivity index (χ4n) is 9.37. The third-order valence-corrected chi connectivity index (χ3v) is 12.0. The van der Waals surface area contributed by atoms with E-state index in [4.69, 9.17) is 14.2 Å². The summed E-state index contributed by atoms with van der Waals surface area (Å²) in [6, 6.07) is 4.70. The first-order valence-corrected chi connectivity index (χ1v) is 14.3. The summed E-state index contributed by atoms with van der Waals surface area (Å²) in [7, 11) is 3.61. The van der Waals surface area contributed by atoms with E-state index in [1.807, 2.05) is 7.11 Å². The molecule has 2 spiro atoms. The Bertz CT molecular complexity index is 1060. The minimum absolute atomic E-state index is 0.00731. The van der Waals surface area contributed by atoms with Gasteiger partial charge in [0.1, 0.15) is 11.7 Å². The highest BCUT2D eigenvalue weighted by molar-refractivity contribution is 5.61. The van der Waals surface area contributed by atoms with E-state index in [1.54, 1.807) is 7.11 Å². The Morgan fingerprint density at radius 2 is 1.83 bits per heavy atom. The van der Waals surface area contributed by atoms with Crippen molar-refractivity contribution < 1.29 is 19.3 Å². The molecule has 5 heteroatoms. The van der Waals surface area contributed by atoms with Crippen molar-refractivity contribution in [2.45, 2.75) is 109 Å². The van der Waals surface area contributed by atoms with Gasteiger partial charge < -0.3 is 19.3 Å². The molecule has 2 unspecified atom stereocenters. The van der Waals surface area contributed by atoms with Gasteiger partial charge in [-0.2, -0.15) is 0 Å². The van der Waals surface area contributed by atoms with Crippen LogP contribution in [0.3, 0.4) is 0 Å². The average Bonchev–Trinajstić information content (AvgIpc) is 3.58. The maximum Gasteiger partial charge on any atom is 0.165 e. The minimum atomic E-state index is -0.904. The van der Waals surface area contributed by atoms with Gasteiger partial charge in [-0.15, -0.1) is 0 Å². The topological polar surface area (TPSA) is 51.2 Å². The number of ether oxygens (including phenoxy) is 3.